The van der Waals surface area contributed by atoms with Crippen LogP contribution in [0.15, 0.2) is 30.6 Å². The van der Waals surface area contributed by atoms with Crippen molar-refractivity contribution >= 4 is 39.8 Å². The molecule has 0 aromatic carbocycles. The topological polar surface area (TPSA) is 125 Å². The largest absolute Gasteiger partial charge is 0.454 e. The van der Waals surface area contributed by atoms with E-state index in [0.29, 0.717) is 46.6 Å². The Labute approximate surface area is 212 Å². The zero-order valence-corrected chi connectivity index (χ0v) is 21.0. The minimum Gasteiger partial charge on any atom is -0.454 e. The van der Waals surface area contributed by atoms with Gasteiger partial charge in [0.1, 0.15) is 11.5 Å². The molecule has 6 heterocycles. The van der Waals surface area contributed by atoms with Crippen LogP contribution in [-0.4, -0.2) is 52.7 Å². The lowest BCUT2D eigenvalue weighted by molar-refractivity contribution is 0.183. The Balaban J connectivity index is 1.29. The molecule has 37 heavy (non-hydrogen) atoms. The number of anilines is 2. The van der Waals surface area contributed by atoms with Crippen molar-refractivity contribution in [3.63, 3.8) is 0 Å². The van der Waals surface area contributed by atoms with Gasteiger partial charge < -0.3 is 24.2 Å². The number of ether oxygens (including phenoxy) is 2. The van der Waals surface area contributed by atoms with Gasteiger partial charge in [-0.15, -0.1) is 0 Å². The molecule has 1 aliphatic rings. The molecule has 0 amide bonds. The number of aromatic nitrogens is 8. The number of pyridine rings is 2. The molecule has 6 rings (SSSR count). The van der Waals surface area contributed by atoms with E-state index in [-0.39, 0.29) is 11.5 Å². The predicted molar refractivity (Wildman–Crippen MR) is 137 cm³/mol. The van der Waals surface area contributed by atoms with Crippen molar-refractivity contribution in [3.8, 4) is 11.5 Å². The van der Waals surface area contributed by atoms with Crippen LogP contribution in [0.4, 0.5) is 17.6 Å². The van der Waals surface area contributed by atoms with Crippen LogP contribution in [0.25, 0.3) is 27.0 Å². The number of H-pyrrole nitrogens is 1. The molecule has 12 heteroatoms. The molecule has 0 bridgehead atoms. The highest BCUT2D eigenvalue weighted by Gasteiger charge is 2.28. The predicted octanol–water partition coefficient (Wildman–Crippen LogP) is 4.78. The molecule has 1 saturated heterocycles. The average Bonchev–Trinajstić information content (AvgIpc) is 3.65. The van der Waals surface area contributed by atoms with Crippen LogP contribution < -0.4 is 10.1 Å². The summed E-state index contributed by atoms with van der Waals surface area (Å²) in [7, 11) is 1.91. The Bertz CT molecular complexity index is 1660. The van der Waals surface area contributed by atoms with Crippen LogP contribution in [-0.2, 0) is 17.2 Å². The number of aromatic amines is 1. The van der Waals surface area contributed by atoms with Gasteiger partial charge in [0.15, 0.2) is 17.1 Å². The van der Waals surface area contributed by atoms with E-state index in [1.165, 1.54) is 0 Å². The molecule has 1 aliphatic heterocycles. The third kappa shape index (κ3) is 4.13. The second-order valence-electron chi connectivity index (χ2n) is 10.1. The molecule has 0 radical (unpaired) electrons. The molecular formula is C25H26N10O2. The van der Waals surface area contributed by atoms with Crippen LogP contribution in [0.3, 0.4) is 0 Å². The van der Waals surface area contributed by atoms with Gasteiger partial charge in [-0.25, -0.2) is 15.1 Å². The van der Waals surface area contributed by atoms with Gasteiger partial charge in [0.05, 0.1) is 35.9 Å². The Hall–Kier alpha value is -4.50. The second kappa shape index (κ2) is 8.56. The monoisotopic (exact) mass is 498 g/mol. The quantitative estimate of drug-likeness (QED) is 0.332. The van der Waals surface area contributed by atoms with Crippen molar-refractivity contribution in [2.24, 2.45) is 7.05 Å². The number of rotatable bonds is 5. The summed E-state index contributed by atoms with van der Waals surface area (Å²) in [6, 6.07) is 5.91. The SMILES string of the molecule is [C-]#[N+]c1[nH]nc2ncc(Oc3cnc4nc(Nc5cc(C(C)(C)C)n([C@@H]6CCOC6)n5)n(C)c4c3)cc12. The molecule has 12 nitrogen and oxygen atoms in total. The summed E-state index contributed by atoms with van der Waals surface area (Å²) in [5.74, 6) is 2.67. The summed E-state index contributed by atoms with van der Waals surface area (Å²) in [6.45, 7) is 15.2. The normalized spacial score (nSPS) is 15.9. The Morgan fingerprint density at radius 3 is 2.68 bits per heavy atom. The first-order valence-electron chi connectivity index (χ1n) is 12.0. The van der Waals surface area contributed by atoms with Gasteiger partial charge in [0.2, 0.25) is 5.95 Å². The first-order valence-corrected chi connectivity index (χ1v) is 12.0. The van der Waals surface area contributed by atoms with Crippen LogP contribution in [0.2, 0.25) is 0 Å². The Kier molecular flexibility index (Phi) is 5.31. The lowest BCUT2D eigenvalue weighted by Crippen LogP contribution is -2.22. The number of hydrogen-bond acceptors (Lipinski definition) is 8. The van der Waals surface area contributed by atoms with Crippen molar-refractivity contribution in [2.45, 2.75) is 38.6 Å². The highest BCUT2D eigenvalue weighted by atomic mass is 16.5. The Morgan fingerprint density at radius 1 is 1.16 bits per heavy atom. The molecule has 0 aliphatic carbocycles. The number of hydrogen-bond donors (Lipinski definition) is 2. The van der Waals surface area contributed by atoms with Crippen molar-refractivity contribution in [1.82, 2.24) is 39.5 Å². The molecular weight excluding hydrogens is 472 g/mol. The van der Waals surface area contributed by atoms with E-state index < -0.39 is 0 Å². The molecule has 0 spiro atoms. The summed E-state index contributed by atoms with van der Waals surface area (Å²) in [4.78, 5) is 16.8. The standard InChI is InChI=1S/C25H26N10O2/c1-25(2,3)19-10-20(33-35(19)14-6-7-36-13-14)29-24-30-23-18(34(24)5)9-16(12-28-23)37-15-8-17-21(26-4)31-32-22(17)27-11-15/h8-12,14H,6-7,13H2,1-3,5H3,(H,27,31,32)(H,28,29,30,33)/t14-/m1/s1. The van der Waals surface area contributed by atoms with E-state index in [9.17, 15) is 0 Å². The molecule has 5 aromatic heterocycles. The average molecular weight is 499 g/mol. The van der Waals surface area contributed by atoms with Crippen LogP contribution in [0.1, 0.15) is 38.9 Å². The van der Waals surface area contributed by atoms with Crippen molar-refractivity contribution in [2.75, 3.05) is 18.5 Å². The fraction of sp³-hybridized carbons (Fsp3) is 0.360. The zero-order valence-electron chi connectivity index (χ0n) is 21.0. The van der Waals surface area contributed by atoms with E-state index in [2.05, 4.69) is 66.8 Å². The first-order chi connectivity index (χ1) is 17.8. The van der Waals surface area contributed by atoms with Crippen molar-refractivity contribution in [3.05, 3.63) is 47.7 Å². The molecule has 2 N–H and O–H groups in total. The van der Waals surface area contributed by atoms with Gasteiger partial charge >= 0.3 is 0 Å². The van der Waals surface area contributed by atoms with Gasteiger partial charge in [0.25, 0.3) is 5.82 Å². The fourth-order valence-corrected chi connectivity index (χ4v) is 4.49. The minimum atomic E-state index is -0.0699. The number of fused-ring (bicyclic) bond motifs is 2. The number of nitrogens with one attached hydrogen (secondary N) is 2. The number of nitrogens with zero attached hydrogens (tertiary/aromatic N) is 8. The number of aryl methyl sites for hydroxylation is 1. The van der Waals surface area contributed by atoms with E-state index in [4.69, 9.17) is 21.1 Å². The molecule has 0 saturated carbocycles. The minimum absolute atomic E-state index is 0.0699. The lowest BCUT2D eigenvalue weighted by atomic mass is 9.91. The molecule has 188 valence electrons. The zero-order chi connectivity index (χ0) is 25.7. The third-order valence-corrected chi connectivity index (χ3v) is 6.42. The molecule has 1 atom stereocenters. The summed E-state index contributed by atoms with van der Waals surface area (Å²) in [6.07, 6.45) is 4.13. The maximum Gasteiger partial charge on any atom is 0.259 e. The van der Waals surface area contributed by atoms with Crippen LogP contribution in [0, 0.1) is 6.57 Å². The molecule has 5 aromatic rings. The van der Waals surface area contributed by atoms with Gasteiger partial charge in [-0.1, -0.05) is 32.4 Å². The van der Waals surface area contributed by atoms with Crippen LogP contribution >= 0.6 is 0 Å². The van der Waals surface area contributed by atoms with Gasteiger partial charge in [-0.2, -0.15) is 10.1 Å². The summed E-state index contributed by atoms with van der Waals surface area (Å²) in [5.41, 5.74) is 2.91. The van der Waals surface area contributed by atoms with Crippen molar-refractivity contribution < 1.29 is 9.47 Å². The van der Waals surface area contributed by atoms with Crippen molar-refractivity contribution in [1.29, 1.82) is 0 Å². The fourth-order valence-electron chi connectivity index (χ4n) is 4.49. The maximum atomic E-state index is 7.27. The summed E-state index contributed by atoms with van der Waals surface area (Å²) < 4.78 is 15.6. The molecule has 0 unspecified atom stereocenters. The van der Waals surface area contributed by atoms with Gasteiger partial charge in [-0.3, -0.25) is 4.68 Å². The van der Waals surface area contributed by atoms with E-state index in [1.54, 1.807) is 18.5 Å². The smallest absolute Gasteiger partial charge is 0.259 e. The highest BCUT2D eigenvalue weighted by Crippen LogP contribution is 2.33. The lowest BCUT2D eigenvalue weighted by Gasteiger charge is -2.22. The second-order valence-corrected chi connectivity index (χ2v) is 10.1. The van der Waals surface area contributed by atoms with Gasteiger partial charge in [-0.05, 0) is 12.5 Å². The third-order valence-electron chi connectivity index (χ3n) is 6.42. The van der Waals surface area contributed by atoms with Gasteiger partial charge in [0, 0.05) is 36.9 Å². The van der Waals surface area contributed by atoms with E-state index in [1.807, 2.05) is 17.7 Å². The van der Waals surface area contributed by atoms with E-state index in [0.717, 1.165) is 30.1 Å². The molecule has 1 fully saturated rings. The summed E-state index contributed by atoms with van der Waals surface area (Å²) >= 11 is 0. The van der Waals surface area contributed by atoms with Crippen LogP contribution in [0.5, 0.6) is 11.5 Å². The summed E-state index contributed by atoms with van der Waals surface area (Å²) in [5, 5.41) is 15.5. The maximum absolute atomic E-state index is 7.27. The van der Waals surface area contributed by atoms with E-state index >= 15 is 0 Å². The number of imidazole rings is 1. The Morgan fingerprint density at radius 2 is 1.95 bits per heavy atom. The first kappa shape index (κ1) is 22.9. The highest BCUT2D eigenvalue weighted by molar-refractivity contribution is 5.88.